The second kappa shape index (κ2) is 9.16. The second-order valence-corrected chi connectivity index (χ2v) is 10.6. The van der Waals surface area contributed by atoms with Gasteiger partial charge in [-0.05, 0) is 50.3 Å². The number of nitrogens with one attached hydrogen (secondary N) is 2. The molecule has 36 heavy (non-hydrogen) atoms. The minimum absolute atomic E-state index is 0.000203. The van der Waals surface area contributed by atoms with Crippen molar-refractivity contribution in [3.63, 3.8) is 0 Å². The number of hydrogen-bond acceptors (Lipinski definition) is 5. The van der Waals surface area contributed by atoms with Crippen molar-refractivity contribution in [2.24, 2.45) is 0 Å². The van der Waals surface area contributed by atoms with E-state index in [1.807, 2.05) is 31.2 Å². The van der Waals surface area contributed by atoms with Crippen molar-refractivity contribution in [2.75, 3.05) is 0 Å². The van der Waals surface area contributed by atoms with Crippen molar-refractivity contribution in [3.8, 4) is 23.0 Å². The number of ether oxygens (including phenoxy) is 1. The molecule has 12 heteroatoms. The summed E-state index contributed by atoms with van der Waals surface area (Å²) in [6.45, 7) is 2.33. The van der Waals surface area contributed by atoms with E-state index in [1.54, 1.807) is 10.7 Å². The van der Waals surface area contributed by atoms with Crippen LogP contribution in [0.1, 0.15) is 50.2 Å². The minimum Gasteiger partial charge on any atom is -0.421 e. The van der Waals surface area contributed by atoms with Gasteiger partial charge in [-0.1, -0.05) is 24.6 Å². The summed E-state index contributed by atoms with van der Waals surface area (Å²) in [5.74, 6) is 0.347. The molecule has 2 saturated carbocycles. The van der Waals surface area contributed by atoms with Gasteiger partial charge in [-0.25, -0.2) is 9.67 Å². The molecule has 5 rings (SSSR count). The largest absolute Gasteiger partial charge is 0.421 e. The average Bonchev–Trinajstić information content (AvgIpc) is 3.46. The first kappa shape index (κ1) is 24.7. The highest BCUT2D eigenvalue weighted by Gasteiger charge is 2.48. The third-order valence-corrected chi connectivity index (χ3v) is 7.84. The van der Waals surface area contributed by atoms with Gasteiger partial charge in [0.05, 0.1) is 16.8 Å². The smallest absolute Gasteiger partial charge is 0.417 e. The number of benzene rings is 1. The molecule has 0 unspecified atom stereocenters. The Bertz CT molecular complexity index is 1350. The van der Waals surface area contributed by atoms with Gasteiger partial charge in [-0.3, -0.25) is 0 Å². The highest BCUT2D eigenvalue weighted by atomic mass is 32.2. The van der Waals surface area contributed by atoms with Crippen LogP contribution in [0.4, 0.5) is 13.2 Å². The third-order valence-electron chi connectivity index (χ3n) is 6.53. The molecule has 0 amide bonds. The fraction of sp³-hybridized carbons (Fsp3) is 0.417. The van der Waals surface area contributed by atoms with Gasteiger partial charge in [0.1, 0.15) is 0 Å². The van der Waals surface area contributed by atoms with Gasteiger partial charge < -0.3 is 4.74 Å². The Kier molecular flexibility index (Phi) is 6.29. The molecule has 2 aromatic heterocycles. The maximum atomic E-state index is 12.8. The standard InChI is InChI=1S/C24H26F3N5O3S/c1-2-32-22(35-21-10-9-18(15-28-21)24(25,26)27)14-20(29-32)16-5-3-6-17(13-16)23(11-12-23)31-36(33,34)30-19-7-4-8-19/h3,5-6,9-10,13-15,19,30-31H,2,4,7-8,11-12H2,1H3. The molecule has 0 aliphatic heterocycles. The molecule has 1 aromatic carbocycles. The maximum Gasteiger partial charge on any atom is 0.417 e. The number of aromatic nitrogens is 3. The van der Waals surface area contributed by atoms with E-state index in [2.05, 4.69) is 19.5 Å². The second-order valence-electron chi connectivity index (χ2n) is 9.18. The summed E-state index contributed by atoms with van der Waals surface area (Å²) in [4.78, 5) is 3.76. The molecule has 2 N–H and O–H groups in total. The van der Waals surface area contributed by atoms with Gasteiger partial charge in [0, 0.05) is 36.5 Å². The van der Waals surface area contributed by atoms with Crippen LogP contribution in [0.2, 0.25) is 0 Å². The Morgan fingerprint density at radius 1 is 1.17 bits per heavy atom. The fourth-order valence-electron chi connectivity index (χ4n) is 4.15. The van der Waals surface area contributed by atoms with E-state index in [-0.39, 0.29) is 11.9 Å². The normalized spacial score (nSPS) is 17.6. The van der Waals surface area contributed by atoms with E-state index in [0.717, 1.165) is 48.7 Å². The minimum atomic E-state index is -4.48. The predicted octanol–water partition coefficient (Wildman–Crippen LogP) is 4.74. The van der Waals surface area contributed by atoms with Gasteiger partial charge in [0.25, 0.3) is 10.2 Å². The summed E-state index contributed by atoms with van der Waals surface area (Å²) in [7, 11) is -3.63. The summed E-state index contributed by atoms with van der Waals surface area (Å²) in [6, 6.07) is 11.3. The number of hydrogen-bond donors (Lipinski definition) is 2. The first-order valence-corrected chi connectivity index (χ1v) is 13.3. The van der Waals surface area contributed by atoms with Crippen LogP contribution < -0.4 is 14.2 Å². The van der Waals surface area contributed by atoms with Gasteiger partial charge in [-0.15, -0.1) is 0 Å². The van der Waals surface area contributed by atoms with Gasteiger partial charge >= 0.3 is 6.18 Å². The van der Waals surface area contributed by atoms with Crippen LogP contribution in [-0.4, -0.2) is 29.2 Å². The van der Waals surface area contributed by atoms with Gasteiger partial charge in [-0.2, -0.15) is 36.1 Å². The molecule has 0 atom stereocenters. The molecule has 0 saturated heterocycles. The Labute approximate surface area is 207 Å². The molecule has 2 heterocycles. The molecular weight excluding hydrogens is 495 g/mol. The summed E-state index contributed by atoms with van der Waals surface area (Å²) in [5.41, 5.74) is 0.692. The number of aryl methyl sites for hydroxylation is 1. The van der Waals surface area contributed by atoms with E-state index < -0.39 is 27.5 Å². The first-order valence-electron chi connectivity index (χ1n) is 11.8. The van der Waals surface area contributed by atoms with Crippen molar-refractivity contribution in [2.45, 2.75) is 63.3 Å². The van der Waals surface area contributed by atoms with Gasteiger partial charge in [0.15, 0.2) is 0 Å². The number of pyridine rings is 1. The fourth-order valence-corrected chi connectivity index (χ4v) is 5.72. The first-order chi connectivity index (χ1) is 17.1. The SMILES string of the molecule is CCn1nc(-c2cccc(C3(NS(=O)(=O)NC4CCC4)CC3)c2)cc1Oc1ccc(C(F)(F)F)cn1. The van der Waals surface area contributed by atoms with Crippen LogP contribution in [0.25, 0.3) is 11.3 Å². The van der Waals surface area contributed by atoms with Crippen LogP contribution in [-0.2, 0) is 28.5 Å². The van der Waals surface area contributed by atoms with E-state index in [0.29, 0.717) is 31.0 Å². The lowest BCUT2D eigenvalue weighted by Crippen LogP contribution is -2.48. The zero-order chi connectivity index (χ0) is 25.6. The van der Waals surface area contributed by atoms with Crippen LogP contribution >= 0.6 is 0 Å². The van der Waals surface area contributed by atoms with Crippen molar-refractivity contribution >= 4 is 10.2 Å². The van der Waals surface area contributed by atoms with Crippen LogP contribution in [0, 0.1) is 0 Å². The lowest BCUT2D eigenvalue weighted by molar-refractivity contribution is -0.137. The average molecular weight is 522 g/mol. The highest BCUT2D eigenvalue weighted by Crippen LogP contribution is 2.47. The van der Waals surface area contributed by atoms with Crippen molar-refractivity contribution < 1.29 is 26.3 Å². The summed E-state index contributed by atoms with van der Waals surface area (Å²) >= 11 is 0. The van der Waals surface area contributed by atoms with Crippen molar-refractivity contribution in [3.05, 3.63) is 59.8 Å². The topological polar surface area (TPSA) is 98.1 Å². The summed E-state index contributed by atoms with van der Waals surface area (Å²) < 4.78 is 76.5. The van der Waals surface area contributed by atoms with Crippen molar-refractivity contribution in [1.82, 2.24) is 24.2 Å². The number of halogens is 3. The lowest BCUT2D eigenvalue weighted by atomic mass is 9.94. The molecule has 0 bridgehead atoms. The van der Waals surface area contributed by atoms with Crippen LogP contribution in [0.15, 0.2) is 48.7 Å². The molecule has 2 aliphatic rings. The van der Waals surface area contributed by atoms with Crippen LogP contribution in [0.5, 0.6) is 11.8 Å². The molecular formula is C24H26F3N5O3S. The number of rotatable bonds is 9. The van der Waals surface area contributed by atoms with E-state index in [9.17, 15) is 21.6 Å². The Morgan fingerprint density at radius 3 is 2.53 bits per heavy atom. The van der Waals surface area contributed by atoms with E-state index in [1.165, 1.54) is 0 Å². The predicted molar refractivity (Wildman–Crippen MR) is 126 cm³/mol. The summed E-state index contributed by atoms with van der Waals surface area (Å²) in [6.07, 6.45) is 0.382. The zero-order valence-electron chi connectivity index (χ0n) is 19.5. The quantitative estimate of drug-likeness (QED) is 0.424. The Morgan fingerprint density at radius 2 is 1.94 bits per heavy atom. The lowest BCUT2D eigenvalue weighted by Gasteiger charge is -2.28. The molecule has 8 nitrogen and oxygen atoms in total. The Hall–Kier alpha value is -2.96. The van der Waals surface area contributed by atoms with Gasteiger partial charge in [0.2, 0.25) is 11.8 Å². The van der Waals surface area contributed by atoms with E-state index in [4.69, 9.17) is 4.74 Å². The zero-order valence-corrected chi connectivity index (χ0v) is 20.4. The number of alkyl halides is 3. The molecule has 0 spiro atoms. The highest BCUT2D eigenvalue weighted by molar-refractivity contribution is 7.87. The van der Waals surface area contributed by atoms with Crippen molar-refractivity contribution in [1.29, 1.82) is 0 Å². The van der Waals surface area contributed by atoms with E-state index >= 15 is 0 Å². The third kappa shape index (κ3) is 5.25. The maximum absolute atomic E-state index is 12.8. The molecule has 3 aromatic rings. The Balaban J connectivity index is 1.35. The molecule has 2 fully saturated rings. The monoisotopic (exact) mass is 521 g/mol. The molecule has 192 valence electrons. The van der Waals surface area contributed by atoms with Crippen LogP contribution in [0.3, 0.4) is 0 Å². The summed E-state index contributed by atoms with van der Waals surface area (Å²) in [5, 5.41) is 4.56. The molecule has 0 radical (unpaired) electrons. The molecule has 2 aliphatic carbocycles. The number of nitrogens with zero attached hydrogens (tertiary/aromatic N) is 3.